The summed E-state index contributed by atoms with van der Waals surface area (Å²) in [7, 11) is 1.95. The van der Waals surface area contributed by atoms with Crippen molar-refractivity contribution in [1.82, 2.24) is 10.3 Å². The van der Waals surface area contributed by atoms with Gasteiger partial charge in [-0.05, 0) is 18.6 Å². The van der Waals surface area contributed by atoms with Crippen LogP contribution < -0.4 is 11.3 Å². The molecule has 1 rings (SSSR count). The summed E-state index contributed by atoms with van der Waals surface area (Å²) < 4.78 is 0.802. The van der Waals surface area contributed by atoms with E-state index in [1.165, 1.54) is 4.88 Å². The van der Waals surface area contributed by atoms with Crippen molar-refractivity contribution in [1.29, 1.82) is 0 Å². The zero-order valence-corrected chi connectivity index (χ0v) is 11.1. The lowest BCUT2D eigenvalue weighted by Gasteiger charge is -2.19. The van der Waals surface area contributed by atoms with Crippen molar-refractivity contribution in [2.45, 2.75) is 19.9 Å². The number of thiophene rings is 1. The Kier molecular flexibility index (Phi) is 5.59. The zero-order chi connectivity index (χ0) is 12.0. The fraction of sp³-hybridized carbons (Fsp3) is 0.500. The van der Waals surface area contributed by atoms with Gasteiger partial charge in [-0.25, -0.2) is 5.84 Å². The fourth-order valence-corrected chi connectivity index (χ4v) is 2.38. The van der Waals surface area contributed by atoms with E-state index in [1.807, 2.05) is 24.1 Å². The molecular formula is C10H17ClN4S. The number of hydrogen-bond donors (Lipinski definition) is 2. The Morgan fingerprint density at radius 2 is 2.38 bits per heavy atom. The Hall–Kier alpha value is -0.780. The van der Waals surface area contributed by atoms with Crippen LogP contribution in [-0.4, -0.2) is 24.5 Å². The highest BCUT2D eigenvalue weighted by Crippen LogP contribution is 2.22. The average Bonchev–Trinajstić information content (AvgIpc) is 2.65. The molecule has 1 aromatic rings. The maximum Gasteiger partial charge on any atom is 0.208 e. The number of nitrogens with one attached hydrogen (secondary N) is 1. The molecule has 0 amide bonds. The second-order valence-corrected chi connectivity index (χ2v) is 5.21. The standard InChI is InChI=1S/C10H17ClN4S/c1-3-6-13-10(14-12)15(2)7-8-4-5-9(11)16-8/h4-5H,3,6-7,12H2,1-2H3,(H,13,14). The van der Waals surface area contributed by atoms with E-state index in [1.54, 1.807) is 11.3 Å². The van der Waals surface area contributed by atoms with E-state index in [0.29, 0.717) is 5.96 Å². The van der Waals surface area contributed by atoms with Gasteiger partial charge in [0.25, 0.3) is 0 Å². The minimum Gasteiger partial charge on any atom is -0.340 e. The normalized spacial score (nSPS) is 11.6. The van der Waals surface area contributed by atoms with Crippen LogP contribution >= 0.6 is 22.9 Å². The molecule has 0 atom stereocenters. The average molecular weight is 261 g/mol. The molecule has 0 fully saturated rings. The minimum absolute atomic E-state index is 0.700. The summed E-state index contributed by atoms with van der Waals surface area (Å²) in [6.45, 7) is 3.61. The lowest BCUT2D eigenvalue weighted by Crippen LogP contribution is -2.42. The van der Waals surface area contributed by atoms with Crippen molar-refractivity contribution in [3.63, 3.8) is 0 Å². The van der Waals surface area contributed by atoms with Gasteiger partial charge in [-0.2, -0.15) is 0 Å². The highest BCUT2D eigenvalue weighted by Gasteiger charge is 2.06. The number of nitrogens with two attached hydrogens (primary N) is 1. The van der Waals surface area contributed by atoms with Gasteiger partial charge in [0, 0.05) is 18.5 Å². The number of hydrazine groups is 1. The molecule has 0 aliphatic carbocycles. The molecular weight excluding hydrogens is 244 g/mol. The van der Waals surface area contributed by atoms with Crippen LogP contribution in [0.4, 0.5) is 0 Å². The van der Waals surface area contributed by atoms with Crippen molar-refractivity contribution < 1.29 is 0 Å². The Bertz CT molecular complexity index is 350. The predicted molar refractivity (Wildman–Crippen MR) is 70.7 cm³/mol. The third-order valence-electron chi connectivity index (χ3n) is 2.00. The van der Waals surface area contributed by atoms with Crippen LogP contribution in [0.2, 0.25) is 4.34 Å². The van der Waals surface area contributed by atoms with Crippen LogP contribution in [0.25, 0.3) is 0 Å². The van der Waals surface area contributed by atoms with Gasteiger partial charge in [0.1, 0.15) is 0 Å². The van der Waals surface area contributed by atoms with Crippen molar-refractivity contribution in [3.8, 4) is 0 Å². The SMILES string of the molecule is CCCN=C(NN)N(C)Cc1ccc(Cl)s1. The second kappa shape index (κ2) is 6.73. The van der Waals surface area contributed by atoms with Gasteiger partial charge < -0.3 is 4.90 Å². The van der Waals surface area contributed by atoms with E-state index in [-0.39, 0.29) is 0 Å². The molecule has 0 bridgehead atoms. The molecule has 1 aromatic heterocycles. The van der Waals surface area contributed by atoms with Crippen LogP contribution in [0, 0.1) is 0 Å². The summed E-state index contributed by atoms with van der Waals surface area (Å²) in [4.78, 5) is 7.50. The van der Waals surface area contributed by atoms with E-state index in [2.05, 4.69) is 17.3 Å². The van der Waals surface area contributed by atoms with Gasteiger partial charge in [0.15, 0.2) is 0 Å². The van der Waals surface area contributed by atoms with Crippen molar-refractivity contribution in [3.05, 3.63) is 21.3 Å². The van der Waals surface area contributed by atoms with E-state index < -0.39 is 0 Å². The molecule has 4 nitrogen and oxygen atoms in total. The van der Waals surface area contributed by atoms with Gasteiger partial charge >= 0.3 is 0 Å². The van der Waals surface area contributed by atoms with Crippen LogP contribution in [0.1, 0.15) is 18.2 Å². The molecule has 0 aliphatic rings. The van der Waals surface area contributed by atoms with Crippen LogP contribution in [0.3, 0.4) is 0 Å². The Morgan fingerprint density at radius 1 is 1.62 bits per heavy atom. The highest BCUT2D eigenvalue weighted by molar-refractivity contribution is 7.16. The molecule has 0 aromatic carbocycles. The van der Waals surface area contributed by atoms with Crippen molar-refractivity contribution in [2.75, 3.05) is 13.6 Å². The summed E-state index contributed by atoms with van der Waals surface area (Å²) in [6.07, 6.45) is 1.00. The van der Waals surface area contributed by atoms with Crippen molar-refractivity contribution >= 4 is 28.9 Å². The molecule has 0 saturated carbocycles. The van der Waals surface area contributed by atoms with Gasteiger partial charge in [0.2, 0.25) is 5.96 Å². The van der Waals surface area contributed by atoms with E-state index in [0.717, 1.165) is 23.8 Å². The Labute approximate surface area is 105 Å². The Morgan fingerprint density at radius 3 is 2.88 bits per heavy atom. The van der Waals surface area contributed by atoms with Gasteiger partial charge in [0.05, 0.1) is 10.9 Å². The van der Waals surface area contributed by atoms with Gasteiger partial charge in [-0.3, -0.25) is 10.4 Å². The first-order valence-corrected chi connectivity index (χ1v) is 6.33. The smallest absolute Gasteiger partial charge is 0.208 e. The first-order chi connectivity index (χ1) is 7.67. The number of guanidine groups is 1. The summed E-state index contributed by atoms with van der Waals surface area (Å²) in [5, 5.41) is 0. The minimum atomic E-state index is 0.700. The number of rotatable bonds is 4. The third-order valence-corrected chi connectivity index (χ3v) is 3.21. The van der Waals surface area contributed by atoms with Crippen molar-refractivity contribution in [2.24, 2.45) is 10.8 Å². The highest BCUT2D eigenvalue weighted by atomic mass is 35.5. The van der Waals surface area contributed by atoms with E-state index in [4.69, 9.17) is 17.4 Å². The number of hydrogen-bond acceptors (Lipinski definition) is 3. The van der Waals surface area contributed by atoms with Crippen LogP contribution in [0.15, 0.2) is 17.1 Å². The quantitative estimate of drug-likeness (QED) is 0.377. The first kappa shape index (κ1) is 13.3. The molecule has 0 radical (unpaired) electrons. The molecule has 3 N–H and O–H groups in total. The number of aliphatic imine (C=N–C) groups is 1. The lowest BCUT2D eigenvalue weighted by atomic mass is 10.4. The zero-order valence-electron chi connectivity index (χ0n) is 9.53. The maximum absolute atomic E-state index is 5.87. The first-order valence-electron chi connectivity index (χ1n) is 5.13. The molecule has 6 heteroatoms. The summed E-state index contributed by atoms with van der Waals surface area (Å²) in [5.41, 5.74) is 2.61. The third kappa shape index (κ3) is 4.00. The van der Waals surface area contributed by atoms with Crippen LogP contribution in [0.5, 0.6) is 0 Å². The van der Waals surface area contributed by atoms with E-state index in [9.17, 15) is 0 Å². The Balaban J connectivity index is 2.58. The molecule has 1 heterocycles. The second-order valence-electron chi connectivity index (χ2n) is 3.41. The topological polar surface area (TPSA) is 53.6 Å². The number of nitrogens with zero attached hydrogens (tertiary/aromatic N) is 2. The fourth-order valence-electron chi connectivity index (χ4n) is 1.24. The van der Waals surface area contributed by atoms with Crippen LogP contribution in [-0.2, 0) is 6.54 Å². The monoisotopic (exact) mass is 260 g/mol. The molecule has 16 heavy (non-hydrogen) atoms. The predicted octanol–water partition coefficient (Wildman–Crippen LogP) is 2.06. The summed E-state index contributed by atoms with van der Waals surface area (Å²) in [5.74, 6) is 6.13. The molecule has 0 saturated heterocycles. The molecule has 0 spiro atoms. The molecule has 0 aliphatic heterocycles. The summed E-state index contributed by atoms with van der Waals surface area (Å²) >= 11 is 7.44. The van der Waals surface area contributed by atoms with E-state index >= 15 is 0 Å². The number of halogens is 1. The maximum atomic E-state index is 5.87. The van der Waals surface area contributed by atoms with Gasteiger partial charge in [-0.15, -0.1) is 11.3 Å². The summed E-state index contributed by atoms with van der Waals surface area (Å²) in [6, 6.07) is 3.91. The molecule has 0 unspecified atom stereocenters. The van der Waals surface area contributed by atoms with Gasteiger partial charge in [-0.1, -0.05) is 18.5 Å². The molecule has 90 valence electrons. The lowest BCUT2D eigenvalue weighted by molar-refractivity contribution is 0.481. The largest absolute Gasteiger partial charge is 0.340 e.